The van der Waals surface area contributed by atoms with Crippen LogP contribution in [0.3, 0.4) is 0 Å². The molecular weight excluding hydrogens is 258 g/mol. The first-order chi connectivity index (χ1) is 10.3. The smallest absolute Gasteiger partial charge is 0.0582 e. The van der Waals surface area contributed by atoms with Crippen LogP contribution in [0.5, 0.6) is 0 Å². The molecule has 0 bridgehead atoms. The molecule has 1 unspecified atom stereocenters. The third-order valence-electron chi connectivity index (χ3n) is 3.69. The molecule has 0 saturated heterocycles. The fraction of sp³-hybridized carbons (Fsp3) is 0.167. The lowest BCUT2D eigenvalue weighted by molar-refractivity contribution is 0.593. The Hall–Kier alpha value is -2.39. The van der Waals surface area contributed by atoms with Crippen LogP contribution >= 0.6 is 0 Å². The number of nitrogens with one attached hydrogen (secondary N) is 2. The van der Waals surface area contributed by atoms with Crippen molar-refractivity contribution in [2.24, 2.45) is 0 Å². The summed E-state index contributed by atoms with van der Waals surface area (Å²) in [5, 5.41) is 10.6. The number of aromatic amines is 1. The van der Waals surface area contributed by atoms with Gasteiger partial charge in [-0.1, -0.05) is 54.6 Å². The van der Waals surface area contributed by atoms with E-state index in [2.05, 4.69) is 71.0 Å². The standard InChI is InChI=1S/C18H19N3/c1-14-7-5-6-10-17(14)18(15-8-3-2-4-9-15)19-13-16-11-12-20-21-16/h2-12,18-19H,13H2,1H3,(H,20,21). The number of aryl methyl sites for hydroxylation is 1. The van der Waals surface area contributed by atoms with E-state index >= 15 is 0 Å². The summed E-state index contributed by atoms with van der Waals surface area (Å²) in [7, 11) is 0. The summed E-state index contributed by atoms with van der Waals surface area (Å²) in [5.74, 6) is 0. The van der Waals surface area contributed by atoms with E-state index in [4.69, 9.17) is 0 Å². The number of nitrogens with zero attached hydrogens (tertiary/aromatic N) is 1. The highest BCUT2D eigenvalue weighted by atomic mass is 15.1. The molecule has 0 aliphatic heterocycles. The fourth-order valence-corrected chi connectivity index (χ4v) is 2.56. The molecule has 2 aromatic carbocycles. The molecule has 0 radical (unpaired) electrons. The largest absolute Gasteiger partial charge is 0.301 e. The van der Waals surface area contributed by atoms with Crippen molar-refractivity contribution in [1.82, 2.24) is 15.5 Å². The van der Waals surface area contributed by atoms with Gasteiger partial charge in [0.15, 0.2) is 0 Å². The summed E-state index contributed by atoms with van der Waals surface area (Å²) in [5.41, 5.74) is 4.96. The second kappa shape index (κ2) is 6.37. The van der Waals surface area contributed by atoms with Gasteiger partial charge in [0.1, 0.15) is 0 Å². The van der Waals surface area contributed by atoms with E-state index in [1.165, 1.54) is 16.7 Å². The van der Waals surface area contributed by atoms with Crippen molar-refractivity contribution in [3.63, 3.8) is 0 Å². The van der Waals surface area contributed by atoms with Gasteiger partial charge in [0.25, 0.3) is 0 Å². The predicted octanol–water partition coefficient (Wildman–Crippen LogP) is 3.60. The molecule has 3 rings (SSSR count). The van der Waals surface area contributed by atoms with Crippen molar-refractivity contribution in [2.75, 3.05) is 0 Å². The van der Waals surface area contributed by atoms with Crippen LogP contribution in [0.2, 0.25) is 0 Å². The first-order valence-corrected chi connectivity index (χ1v) is 7.16. The minimum absolute atomic E-state index is 0.177. The van der Waals surface area contributed by atoms with E-state index in [0.717, 1.165) is 12.2 Å². The van der Waals surface area contributed by atoms with Crippen molar-refractivity contribution in [1.29, 1.82) is 0 Å². The lowest BCUT2D eigenvalue weighted by atomic mass is 9.95. The number of hydrogen-bond donors (Lipinski definition) is 2. The minimum Gasteiger partial charge on any atom is -0.301 e. The molecular formula is C18H19N3. The van der Waals surface area contributed by atoms with Gasteiger partial charge in [0.2, 0.25) is 0 Å². The zero-order chi connectivity index (χ0) is 14.5. The average Bonchev–Trinajstić information content (AvgIpc) is 3.04. The molecule has 0 fully saturated rings. The summed E-state index contributed by atoms with van der Waals surface area (Å²) < 4.78 is 0. The molecule has 3 nitrogen and oxygen atoms in total. The van der Waals surface area contributed by atoms with Gasteiger partial charge >= 0.3 is 0 Å². The highest BCUT2D eigenvalue weighted by molar-refractivity contribution is 5.36. The number of rotatable bonds is 5. The van der Waals surface area contributed by atoms with Crippen LogP contribution in [-0.2, 0) is 6.54 Å². The normalized spacial score (nSPS) is 12.2. The second-order valence-electron chi connectivity index (χ2n) is 5.16. The van der Waals surface area contributed by atoms with Gasteiger partial charge in [0, 0.05) is 18.4 Å². The highest BCUT2D eigenvalue weighted by Gasteiger charge is 2.15. The van der Waals surface area contributed by atoms with Crippen LogP contribution in [0.4, 0.5) is 0 Å². The van der Waals surface area contributed by atoms with E-state index in [1.54, 1.807) is 6.20 Å². The molecule has 1 heterocycles. The zero-order valence-corrected chi connectivity index (χ0v) is 12.1. The van der Waals surface area contributed by atoms with Gasteiger partial charge < -0.3 is 5.32 Å². The summed E-state index contributed by atoms with van der Waals surface area (Å²) in [6.07, 6.45) is 1.78. The van der Waals surface area contributed by atoms with Gasteiger partial charge in [-0.05, 0) is 29.7 Å². The van der Waals surface area contributed by atoms with E-state index in [9.17, 15) is 0 Å². The van der Waals surface area contributed by atoms with E-state index in [0.29, 0.717) is 0 Å². The van der Waals surface area contributed by atoms with E-state index < -0.39 is 0 Å². The van der Waals surface area contributed by atoms with E-state index in [1.807, 2.05) is 12.1 Å². The molecule has 0 aliphatic rings. The average molecular weight is 277 g/mol. The SMILES string of the molecule is Cc1ccccc1C(NCc1ccn[nH]1)c1ccccc1. The summed E-state index contributed by atoms with van der Waals surface area (Å²) in [6.45, 7) is 2.91. The molecule has 1 atom stereocenters. The van der Waals surface area contributed by atoms with Crippen LogP contribution in [0.25, 0.3) is 0 Å². The maximum Gasteiger partial charge on any atom is 0.0582 e. The highest BCUT2D eigenvalue weighted by Crippen LogP contribution is 2.25. The van der Waals surface area contributed by atoms with Gasteiger partial charge in [-0.3, -0.25) is 5.10 Å². The van der Waals surface area contributed by atoms with Crippen LogP contribution < -0.4 is 5.32 Å². The maximum atomic E-state index is 4.00. The molecule has 21 heavy (non-hydrogen) atoms. The Balaban J connectivity index is 1.90. The Morgan fingerprint density at radius 1 is 1.00 bits per heavy atom. The van der Waals surface area contributed by atoms with Gasteiger partial charge in [-0.2, -0.15) is 5.10 Å². The molecule has 106 valence electrons. The molecule has 3 aromatic rings. The van der Waals surface area contributed by atoms with Crippen molar-refractivity contribution < 1.29 is 0 Å². The van der Waals surface area contributed by atoms with Crippen LogP contribution in [0, 0.1) is 6.92 Å². The first kappa shape index (κ1) is 13.6. The molecule has 0 amide bonds. The molecule has 1 aromatic heterocycles. The lowest BCUT2D eigenvalue weighted by Crippen LogP contribution is -2.23. The molecule has 0 saturated carbocycles. The summed E-state index contributed by atoms with van der Waals surface area (Å²) in [4.78, 5) is 0. The van der Waals surface area contributed by atoms with Crippen LogP contribution in [-0.4, -0.2) is 10.2 Å². The Morgan fingerprint density at radius 2 is 1.76 bits per heavy atom. The number of hydrogen-bond acceptors (Lipinski definition) is 2. The van der Waals surface area contributed by atoms with Crippen molar-refractivity contribution in [3.8, 4) is 0 Å². The maximum absolute atomic E-state index is 4.00. The summed E-state index contributed by atoms with van der Waals surface area (Å²) in [6, 6.07) is 21.2. The van der Waals surface area contributed by atoms with Gasteiger partial charge in [0.05, 0.1) is 6.04 Å². The van der Waals surface area contributed by atoms with Gasteiger partial charge in [-0.25, -0.2) is 0 Å². The second-order valence-corrected chi connectivity index (χ2v) is 5.16. The number of H-pyrrole nitrogens is 1. The molecule has 3 heteroatoms. The number of benzene rings is 2. The third kappa shape index (κ3) is 3.20. The Kier molecular flexibility index (Phi) is 4.12. The lowest BCUT2D eigenvalue weighted by Gasteiger charge is -2.21. The molecule has 0 spiro atoms. The quantitative estimate of drug-likeness (QED) is 0.748. The van der Waals surface area contributed by atoms with Crippen LogP contribution in [0.1, 0.15) is 28.4 Å². The monoisotopic (exact) mass is 277 g/mol. The number of aromatic nitrogens is 2. The first-order valence-electron chi connectivity index (χ1n) is 7.16. The van der Waals surface area contributed by atoms with Crippen molar-refractivity contribution in [2.45, 2.75) is 19.5 Å². The Morgan fingerprint density at radius 3 is 2.48 bits per heavy atom. The Bertz CT molecular complexity index is 675. The molecule has 0 aliphatic carbocycles. The zero-order valence-electron chi connectivity index (χ0n) is 12.1. The van der Waals surface area contributed by atoms with E-state index in [-0.39, 0.29) is 6.04 Å². The summed E-state index contributed by atoms with van der Waals surface area (Å²) >= 11 is 0. The Labute approximate surface area is 125 Å². The van der Waals surface area contributed by atoms with Crippen molar-refractivity contribution >= 4 is 0 Å². The van der Waals surface area contributed by atoms with Crippen molar-refractivity contribution in [3.05, 3.63) is 89.2 Å². The third-order valence-corrected chi connectivity index (χ3v) is 3.69. The molecule has 2 N–H and O–H groups in total. The predicted molar refractivity (Wildman–Crippen MR) is 84.9 cm³/mol. The van der Waals surface area contributed by atoms with Crippen LogP contribution in [0.15, 0.2) is 66.9 Å². The fourth-order valence-electron chi connectivity index (χ4n) is 2.56. The topological polar surface area (TPSA) is 40.7 Å². The minimum atomic E-state index is 0.177. The van der Waals surface area contributed by atoms with Gasteiger partial charge in [-0.15, -0.1) is 0 Å².